The Morgan fingerprint density at radius 1 is 1.10 bits per heavy atom. The number of fused-ring (bicyclic) bond motifs is 2. The Balaban J connectivity index is 1.69. The highest BCUT2D eigenvalue weighted by Gasteiger charge is 2.45. The Bertz CT molecular complexity index is 354. The minimum Gasteiger partial charge on any atom is -0.298 e. The second-order valence-corrected chi connectivity index (χ2v) is 7.50. The maximum atomic E-state index is 13.1. The van der Waals surface area contributed by atoms with Crippen LogP contribution in [-0.2, 0) is 4.79 Å². The summed E-state index contributed by atoms with van der Waals surface area (Å²) in [5.41, 5.74) is -0.127. The van der Waals surface area contributed by atoms with Gasteiger partial charge < -0.3 is 0 Å². The van der Waals surface area contributed by atoms with Crippen molar-refractivity contribution in [2.45, 2.75) is 77.2 Å². The van der Waals surface area contributed by atoms with E-state index < -0.39 is 0 Å². The molecule has 20 heavy (non-hydrogen) atoms. The van der Waals surface area contributed by atoms with Crippen molar-refractivity contribution in [1.82, 2.24) is 4.90 Å². The van der Waals surface area contributed by atoms with Crippen LogP contribution in [0.15, 0.2) is 0 Å². The van der Waals surface area contributed by atoms with Gasteiger partial charge in [0.25, 0.3) is 0 Å². The minimum absolute atomic E-state index is 0.127. The van der Waals surface area contributed by atoms with E-state index in [2.05, 4.69) is 18.7 Å². The smallest absolute Gasteiger partial charge is 0.153 e. The van der Waals surface area contributed by atoms with Crippen LogP contribution in [0.25, 0.3) is 0 Å². The van der Waals surface area contributed by atoms with Crippen molar-refractivity contribution in [2.24, 2.45) is 17.8 Å². The number of carbonyl (C=O) groups is 1. The van der Waals surface area contributed by atoms with Crippen molar-refractivity contribution in [3.8, 4) is 0 Å². The van der Waals surface area contributed by atoms with E-state index in [9.17, 15) is 4.79 Å². The molecule has 2 bridgehead atoms. The highest BCUT2D eigenvalue weighted by molar-refractivity contribution is 5.88. The number of rotatable bonds is 6. The number of nitrogens with zero attached hydrogens (tertiary/aromatic N) is 1. The number of ketones is 1. The topological polar surface area (TPSA) is 20.3 Å². The first-order chi connectivity index (χ1) is 9.69. The van der Waals surface area contributed by atoms with Crippen LogP contribution in [0.1, 0.15) is 71.6 Å². The zero-order valence-corrected chi connectivity index (χ0v) is 13.4. The minimum atomic E-state index is -0.127. The van der Waals surface area contributed by atoms with Gasteiger partial charge in [0.1, 0.15) is 0 Å². The van der Waals surface area contributed by atoms with Gasteiger partial charge in [-0.2, -0.15) is 0 Å². The van der Waals surface area contributed by atoms with Gasteiger partial charge in [0.05, 0.1) is 5.54 Å². The monoisotopic (exact) mass is 277 g/mol. The Morgan fingerprint density at radius 3 is 2.30 bits per heavy atom. The van der Waals surface area contributed by atoms with Crippen molar-refractivity contribution in [2.75, 3.05) is 13.1 Å². The number of hydrogen-bond acceptors (Lipinski definition) is 2. The SMILES string of the molecule is CCC(CC)(C(=O)CC1CC2CCC1C2)N1CCCC1. The molecule has 1 saturated heterocycles. The lowest BCUT2D eigenvalue weighted by Crippen LogP contribution is -2.53. The van der Waals surface area contributed by atoms with Gasteiger partial charge in [-0.15, -0.1) is 0 Å². The highest BCUT2D eigenvalue weighted by Crippen LogP contribution is 2.50. The Kier molecular flexibility index (Phi) is 4.21. The molecular formula is C18H31NO. The second-order valence-electron chi connectivity index (χ2n) is 7.50. The largest absolute Gasteiger partial charge is 0.298 e. The zero-order valence-electron chi connectivity index (χ0n) is 13.4. The molecule has 3 fully saturated rings. The van der Waals surface area contributed by atoms with E-state index in [1.54, 1.807) is 0 Å². The van der Waals surface area contributed by atoms with Crippen LogP contribution in [0, 0.1) is 17.8 Å². The van der Waals surface area contributed by atoms with Crippen molar-refractivity contribution in [3.05, 3.63) is 0 Å². The lowest BCUT2D eigenvalue weighted by atomic mass is 9.77. The fourth-order valence-corrected chi connectivity index (χ4v) is 5.47. The first-order valence-electron chi connectivity index (χ1n) is 8.98. The van der Waals surface area contributed by atoms with E-state index in [-0.39, 0.29) is 5.54 Å². The van der Waals surface area contributed by atoms with E-state index in [1.165, 1.54) is 38.5 Å². The third kappa shape index (κ3) is 2.34. The number of hydrogen-bond donors (Lipinski definition) is 0. The molecule has 0 aromatic rings. The van der Waals surface area contributed by atoms with Crippen LogP contribution in [0.2, 0.25) is 0 Å². The average Bonchev–Trinajstić information content (AvgIpc) is 3.18. The third-order valence-corrected chi connectivity index (χ3v) is 6.73. The van der Waals surface area contributed by atoms with Gasteiger partial charge in [-0.1, -0.05) is 20.3 Å². The Hall–Kier alpha value is -0.370. The second kappa shape index (κ2) is 5.79. The van der Waals surface area contributed by atoms with E-state index in [1.807, 2.05) is 0 Å². The first-order valence-corrected chi connectivity index (χ1v) is 8.98. The van der Waals surface area contributed by atoms with Gasteiger partial charge in [-0.3, -0.25) is 9.69 Å². The molecule has 0 aromatic carbocycles. The van der Waals surface area contributed by atoms with Crippen LogP contribution >= 0.6 is 0 Å². The molecule has 0 amide bonds. The highest BCUT2D eigenvalue weighted by atomic mass is 16.1. The van der Waals surface area contributed by atoms with Gasteiger partial charge in [0.15, 0.2) is 5.78 Å². The molecule has 0 N–H and O–H groups in total. The van der Waals surface area contributed by atoms with E-state index in [0.29, 0.717) is 5.78 Å². The van der Waals surface area contributed by atoms with Crippen molar-refractivity contribution in [3.63, 3.8) is 0 Å². The van der Waals surface area contributed by atoms with Crippen LogP contribution in [0.4, 0.5) is 0 Å². The molecule has 3 aliphatic rings. The fourth-order valence-electron chi connectivity index (χ4n) is 5.47. The van der Waals surface area contributed by atoms with Gasteiger partial charge in [0.2, 0.25) is 0 Å². The summed E-state index contributed by atoms with van der Waals surface area (Å²) in [6, 6.07) is 0. The number of likely N-dealkylation sites (tertiary alicyclic amines) is 1. The molecule has 0 radical (unpaired) electrons. The Morgan fingerprint density at radius 2 is 1.80 bits per heavy atom. The summed E-state index contributed by atoms with van der Waals surface area (Å²) in [5, 5.41) is 0. The predicted molar refractivity (Wildman–Crippen MR) is 82.7 cm³/mol. The first kappa shape index (κ1) is 14.6. The summed E-state index contributed by atoms with van der Waals surface area (Å²) in [6.45, 7) is 6.73. The molecule has 3 atom stereocenters. The lowest BCUT2D eigenvalue weighted by Gasteiger charge is -2.40. The van der Waals surface area contributed by atoms with E-state index in [0.717, 1.165) is 50.1 Å². The predicted octanol–water partition coefficient (Wildman–Crippen LogP) is 4.04. The molecule has 1 heterocycles. The summed E-state index contributed by atoms with van der Waals surface area (Å²) < 4.78 is 0. The molecular weight excluding hydrogens is 246 g/mol. The molecule has 2 heteroatoms. The third-order valence-electron chi connectivity index (χ3n) is 6.73. The summed E-state index contributed by atoms with van der Waals surface area (Å²) in [6.07, 6.45) is 11.1. The fraction of sp³-hybridized carbons (Fsp3) is 0.944. The summed E-state index contributed by atoms with van der Waals surface area (Å²) >= 11 is 0. The van der Waals surface area contributed by atoms with Crippen molar-refractivity contribution in [1.29, 1.82) is 0 Å². The number of carbonyl (C=O) groups excluding carboxylic acids is 1. The number of Topliss-reactive ketones (excluding diaryl/α,β-unsaturated/α-hetero) is 1. The molecule has 2 nitrogen and oxygen atoms in total. The lowest BCUT2D eigenvalue weighted by molar-refractivity contribution is -0.132. The standard InChI is InChI=1S/C18H31NO/c1-3-18(4-2,19-9-5-6-10-19)17(20)13-16-12-14-7-8-15(16)11-14/h14-16H,3-13H2,1-2H3. The molecule has 1 aliphatic heterocycles. The van der Waals surface area contributed by atoms with E-state index >= 15 is 0 Å². The van der Waals surface area contributed by atoms with Crippen LogP contribution in [-0.4, -0.2) is 29.3 Å². The molecule has 0 spiro atoms. The molecule has 2 aliphatic carbocycles. The summed E-state index contributed by atoms with van der Waals surface area (Å²) in [5.74, 6) is 3.14. The maximum absolute atomic E-state index is 13.1. The van der Waals surface area contributed by atoms with E-state index in [4.69, 9.17) is 0 Å². The quantitative estimate of drug-likeness (QED) is 0.730. The normalized spacial score (nSPS) is 34.0. The van der Waals surface area contributed by atoms with Gasteiger partial charge in [-0.25, -0.2) is 0 Å². The summed E-state index contributed by atoms with van der Waals surface area (Å²) in [4.78, 5) is 15.6. The molecule has 3 unspecified atom stereocenters. The van der Waals surface area contributed by atoms with Crippen LogP contribution in [0.3, 0.4) is 0 Å². The van der Waals surface area contributed by atoms with Crippen LogP contribution < -0.4 is 0 Å². The van der Waals surface area contributed by atoms with Crippen molar-refractivity contribution < 1.29 is 4.79 Å². The summed E-state index contributed by atoms with van der Waals surface area (Å²) in [7, 11) is 0. The maximum Gasteiger partial charge on any atom is 0.153 e. The molecule has 114 valence electrons. The molecule has 0 aromatic heterocycles. The Labute approximate surface area is 124 Å². The van der Waals surface area contributed by atoms with Gasteiger partial charge >= 0.3 is 0 Å². The van der Waals surface area contributed by atoms with Crippen molar-refractivity contribution >= 4 is 5.78 Å². The van der Waals surface area contributed by atoms with Gasteiger partial charge in [-0.05, 0) is 75.8 Å². The molecule has 2 saturated carbocycles. The molecule has 3 rings (SSSR count). The van der Waals surface area contributed by atoms with Crippen LogP contribution in [0.5, 0.6) is 0 Å². The van der Waals surface area contributed by atoms with Gasteiger partial charge in [0, 0.05) is 6.42 Å². The zero-order chi connectivity index (χ0) is 14.2. The average molecular weight is 277 g/mol.